The second kappa shape index (κ2) is 14.9. The van der Waals surface area contributed by atoms with E-state index in [9.17, 15) is 0 Å². The largest absolute Gasteiger partial charge is 0.493 e. The number of nitrogens with zero attached hydrogens (tertiary/aromatic N) is 2. The van der Waals surface area contributed by atoms with Crippen LogP contribution in [0.5, 0.6) is 17.2 Å². The van der Waals surface area contributed by atoms with Crippen molar-refractivity contribution in [1.29, 1.82) is 0 Å². The maximum Gasteiger partial charge on any atom is 0.137 e. The molecule has 2 aromatic rings. The van der Waals surface area contributed by atoms with Gasteiger partial charge in [0.15, 0.2) is 0 Å². The lowest BCUT2D eigenvalue weighted by Crippen LogP contribution is -2.02. The first-order valence-corrected chi connectivity index (χ1v) is 11.3. The molecule has 0 aliphatic carbocycles. The van der Waals surface area contributed by atoms with Crippen LogP contribution >= 0.6 is 0 Å². The third-order valence-electron chi connectivity index (χ3n) is 4.87. The lowest BCUT2D eigenvalue weighted by molar-refractivity contribution is 0.215. The highest BCUT2D eigenvalue weighted by atomic mass is 16.6. The third-order valence-corrected chi connectivity index (χ3v) is 4.87. The Morgan fingerprint density at radius 3 is 2.19 bits per heavy atom. The standard InChI is InChI=1S/C26H36N2O4/c1-5-6-14-31-25-17-21(2)26(22(3)18-25)32-16-11-9-7-8-10-15-30-24-13-12-23(27-20-24)19-28-29-4/h5-6,12-13,17-20H,7-11,14-16H2,1-4H3/b6-5+,28-19+. The summed E-state index contributed by atoms with van der Waals surface area (Å²) in [4.78, 5) is 8.88. The molecule has 1 heterocycles. The average molecular weight is 441 g/mol. The van der Waals surface area contributed by atoms with Crippen molar-refractivity contribution in [3.63, 3.8) is 0 Å². The van der Waals surface area contributed by atoms with Gasteiger partial charge in [0.05, 0.1) is 31.3 Å². The minimum atomic E-state index is 0.591. The maximum absolute atomic E-state index is 6.05. The molecule has 0 saturated heterocycles. The highest BCUT2D eigenvalue weighted by Gasteiger charge is 2.07. The lowest BCUT2D eigenvalue weighted by atomic mass is 10.1. The van der Waals surface area contributed by atoms with Crippen LogP contribution in [0.25, 0.3) is 0 Å². The van der Waals surface area contributed by atoms with E-state index in [2.05, 4.69) is 28.8 Å². The van der Waals surface area contributed by atoms with Gasteiger partial charge in [-0.2, -0.15) is 0 Å². The van der Waals surface area contributed by atoms with Gasteiger partial charge >= 0.3 is 0 Å². The molecule has 0 fully saturated rings. The van der Waals surface area contributed by atoms with Crippen LogP contribution < -0.4 is 14.2 Å². The predicted molar refractivity (Wildman–Crippen MR) is 129 cm³/mol. The van der Waals surface area contributed by atoms with Crippen LogP contribution in [0.4, 0.5) is 0 Å². The van der Waals surface area contributed by atoms with E-state index >= 15 is 0 Å². The molecule has 1 aromatic carbocycles. The number of rotatable bonds is 15. The molecule has 0 atom stereocenters. The minimum absolute atomic E-state index is 0.591. The second-order valence-corrected chi connectivity index (χ2v) is 7.57. The smallest absolute Gasteiger partial charge is 0.137 e. The highest BCUT2D eigenvalue weighted by Crippen LogP contribution is 2.28. The van der Waals surface area contributed by atoms with Crippen molar-refractivity contribution in [3.8, 4) is 17.2 Å². The number of unbranched alkanes of at least 4 members (excludes halogenated alkanes) is 4. The van der Waals surface area contributed by atoms with Crippen LogP contribution in [-0.2, 0) is 4.84 Å². The number of oxime groups is 1. The van der Waals surface area contributed by atoms with Crippen LogP contribution in [-0.4, -0.2) is 38.1 Å². The fourth-order valence-electron chi connectivity index (χ4n) is 3.22. The minimum Gasteiger partial charge on any atom is -0.493 e. The Morgan fingerprint density at radius 1 is 0.875 bits per heavy atom. The van der Waals surface area contributed by atoms with Crippen molar-refractivity contribution in [2.24, 2.45) is 5.16 Å². The normalized spacial score (nSPS) is 11.2. The highest BCUT2D eigenvalue weighted by molar-refractivity contribution is 5.76. The van der Waals surface area contributed by atoms with E-state index in [1.54, 1.807) is 12.4 Å². The summed E-state index contributed by atoms with van der Waals surface area (Å²) in [6.07, 6.45) is 12.8. The van der Waals surface area contributed by atoms with Crippen molar-refractivity contribution < 1.29 is 19.0 Å². The molecule has 2 rings (SSSR count). The summed E-state index contributed by atoms with van der Waals surface area (Å²) in [5.74, 6) is 2.64. The molecule has 0 spiro atoms. The van der Waals surface area contributed by atoms with Gasteiger partial charge in [0.25, 0.3) is 0 Å². The van der Waals surface area contributed by atoms with Crippen LogP contribution in [0, 0.1) is 13.8 Å². The van der Waals surface area contributed by atoms with Crippen LogP contribution in [0.1, 0.15) is 55.8 Å². The Hall–Kier alpha value is -3.02. The van der Waals surface area contributed by atoms with Crippen molar-refractivity contribution >= 4 is 6.21 Å². The van der Waals surface area contributed by atoms with Crippen LogP contribution in [0.2, 0.25) is 0 Å². The van der Waals surface area contributed by atoms with Gasteiger partial charge < -0.3 is 19.0 Å². The van der Waals surface area contributed by atoms with Crippen molar-refractivity contribution in [2.75, 3.05) is 26.9 Å². The Kier molecular flexibility index (Phi) is 11.7. The summed E-state index contributed by atoms with van der Waals surface area (Å²) in [5.41, 5.74) is 2.97. The lowest BCUT2D eigenvalue weighted by Gasteiger charge is -2.14. The summed E-state index contributed by atoms with van der Waals surface area (Å²) in [6, 6.07) is 7.84. The summed E-state index contributed by atoms with van der Waals surface area (Å²) >= 11 is 0. The molecule has 0 unspecified atom stereocenters. The Balaban J connectivity index is 1.56. The van der Waals surface area contributed by atoms with Gasteiger partial charge in [-0.05, 0) is 69.0 Å². The van der Waals surface area contributed by atoms with Crippen LogP contribution in [0.15, 0.2) is 47.8 Å². The number of aryl methyl sites for hydroxylation is 2. The zero-order valence-corrected chi connectivity index (χ0v) is 19.8. The Bertz CT molecular complexity index is 824. The predicted octanol–water partition coefficient (Wildman–Crippen LogP) is 6.04. The van der Waals surface area contributed by atoms with Gasteiger partial charge in [-0.1, -0.05) is 36.6 Å². The molecule has 0 aliphatic heterocycles. The fourth-order valence-corrected chi connectivity index (χ4v) is 3.22. The van der Waals surface area contributed by atoms with E-state index < -0.39 is 0 Å². The zero-order valence-electron chi connectivity index (χ0n) is 19.8. The molecule has 0 N–H and O–H groups in total. The first-order valence-electron chi connectivity index (χ1n) is 11.3. The number of pyridine rings is 1. The molecule has 0 bridgehead atoms. The van der Waals surface area contributed by atoms with Crippen LogP contribution in [0.3, 0.4) is 0 Å². The molecule has 0 radical (unpaired) electrons. The second-order valence-electron chi connectivity index (χ2n) is 7.57. The molecule has 0 saturated carbocycles. The Labute approximate surface area is 192 Å². The molecule has 1 aromatic heterocycles. The number of benzene rings is 1. The van der Waals surface area contributed by atoms with Gasteiger partial charge in [0, 0.05) is 0 Å². The van der Waals surface area contributed by atoms with Crippen molar-refractivity contribution in [3.05, 3.63) is 59.4 Å². The number of hydrogen-bond acceptors (Lipinski definition) is 6. The average Bonchev–Trinajstić information content (AvgIpc) is 2.79. The first kappa shape index (κ1) is 25.2. The van der Waals surface area contributed by atoms with E-state index in [1.165, 1.54) is 13.5 Å². The molecule has 6 heteroatoms. The van der Waals surface area contributed by atoms with Crippen molar-refractivity contribution in [1.82, 2.24) is 4.98 Å². The Morgan fingerprint density at radius 2 is 1.56 bits per heavy atom. The van der Waals surface area contributed by atoms with Gasteiger partial charge in [-0.3, -0.25) is 4.98 Å². The molecule has 174 valence electrons. The van der Waals surface area contributed by atoms with Gasteiger partial charge in [-0.15, -0.1) is 0 Å². The van der Waals surface area contributed by atoms with E-state index in [0.29, 0.717) is 13.2 Å². The molecule has 32 heavy (non-hydrogen) atoms. The summed E-state index contributed by atoms with van der Waals surface area (Å²) in [5, 5.41) is 3.69. The molecule has 0 aliphatic rings. The van der Waals surface area contributed by atoms with E-state index in [4.69, 9.17) is 14.2 Å². The van der Waals surface area contributed by atoms with E-state index in [-0.39, 0.29) is 0 Å². The quantitative estimate of drug-likeness (QED) is 0.146. The monoisotopic (exact) mass is 440 g/mol. The number of aromatic nitrogens is 1. The summed E-state index contributed by atoms with van der Waals surface area (Å²) in [6.45, 7) is 8.16. The van der Waals surface area contributed by atoms with Gasteiger partial charge in [0.1, 0.15) is 31.0 Å². The topological polar surface area (TPSA) is 62.2 Å². The summed E-state index contributed by atoms with van der Waals surface area (Å²) in [7, 11) is 1.50. The van der Waals surface area contributed by atoms with Gasteiger partial charge in [0.2, 0.25) is 0 Å². The molecular weight excluding hydrogens is 404 g/mol. The van der Waals surface area contributed by atoms with Crippen molar-refractivity contribution in [2.45, 2.75) is 52.9 Å². The molecular formula is C26H36N2O4. The maximum atomic E-state index is 6.05. The van der Waals surface area contributed by atoms with E-state index in [0.717, 1.165) is 66.4 Å². The number of allylic oxidation sites excluding steroid dienone is 1. The number of ether oxygens (including phenoxy) is 3. The fraction of sp³-hybridized carbons (Fsp3) is 0.462. The molecule has 6 nitrogen and oxygen atoms in total. The van der Waals surface area contributed by atoms with Gasteiger partial charge in [-0.25, -0.2) is 0 Å². The summed E-state index contributed by atoms with van der Waals surface area (Å²) < 4.78 is 17.5. The first-order chi connectivity index (χ1) is 15.6. The zero-order chi connectivity index (χ0) is 23.0. The SMILES string of the molecule is C/C=C/COc1cc(C)c(OCCCCCCCOc2ccc(/C=N/OC)nc2)c(C)c1. The van der Waals surface area contributed by atoms with E-state index in [1.807, 2.05) is 43.3 Å². The number of hydrogen-bond donors (Lipinski definition) is 0. The third kappa shape index (κ3) is 9.41. The molecule has 0 amide bonds.